The maximum Gasteiger partial charge on any atom is 0.283 e. The van der Waals surface area contributed by atoms with E-state index in [-0.39, 0.29) is 16.5 Å². The molecule has 7 heteroatoms. The third-order valence-electron chi connectivity index (χ3n) is 3.44. The molecule has 0 radical (unpaired) electrons. The van der Waals surface area contributed by atoms with Crippen molar-refractivity contribution in [2.75, 3.05) is 5.32 Å². The van der Waals surface area contributed by atoms with Crippen LogP contribution in [0.25, 0.3) is 0 Å². The fraction of sp³-hybridized carbons (Fsp3) is 0.188. The summed E-state index contributed by atoms with van der Waals surface area (Å²) < 4.78 is 28.2. The molecule has 0 aliphatic rings. The number of hydrogen-bond donors (Lipinski definition) is 2. The first-order chi connectivity index (χ1) is 10.7. The topological polar surface area (TPSA) is 78.8 Å². The van der Waals surface area contributed by atoms with Gasteiger partial charge in [-0.2, -0.15) is 8.42 Å². The summed E-state index contributed by atoms with van der Waals surface area (Å²) in [6, 6.07) is 9.03. The van der Waals surface area contributed by atoms with Crippen molar-refractivity contribution in [1.82, 2.24) is 0 Å². The van der Waals surface area contributed by atoms with Crippen molar-refractivity contribution in [2.24, 2.45) is 4.40 Å². The van der Waals surface area contributed by atoms with Crippen LogP contribution < -0.4 is 5.32 Å². The summed E-state index contributed by atoms with van der Waals surface area (Å²) in [5.74, 6) is 0.421. The van der Waals surface area contributed by atoms with Crippen molar-refractivity contribution < 1.29 is 13.5 Å². The number of amidine groups is 1. The van der Waals surface area contributed by atoms with Gasteiger partial charge in [0.25, 0.3) is 10.0 Å². The molecule has 0 spiro atoms. The maximum atomic E-state index is 12.2. The lowest BCUT2D eigenvalue weighted by molar-refractivity contribution is 0.470. The Labute approximate surface area is 140 Å². The van der Waals surface area contributed by atoms with E-state index in [1.165, 1.54) is 24.3 Å². The summed E-state index contributed by atoms with van der Waals surface area (Å²) in [6.45, 7) is 5.18. The van der Waals surface area contributed by atoms with Gasteiger partial charge < -0.3 is 10.4 Å². The average Bonchev–Trinajstić information content (AvgIpc) is 2.48. The number of hydrogen-bond acceptors (Lipinski definition) is 3. The minimum atomic E-state index is -3.81. The molecule has 0 unspecified atom stereocenters. The summed E-state index contributed by atoms with van der Waals surface area (Å²) >= 11 is 5.76. The molecule has 0 heterocycles. The van der Waals surface area contributed by atoms with Gasteiger partial charge in [0.05, 0.1) is 4.90 Å². The van der Waals surface area contributed by atoms with Crippen molar-refractivity contribution in [3.05, 3.63) is 52.5 Å². The number of phenolic OH excluding ortho intramolecular Hbond substituents is 1. The number of anilines is 1. The fourth-order valence-electron chi connectivity index (χ4n) is 2.00. The first kappa shape index (κ1) is 17.3. The Hall–Kier alpha value is -2.05. The van der Waals surface area contributed by atoms with Crippen LogP contribution in [0.4, 0.5) is 5.69 Å². The second-order valence-electron chi connectivity index (χ2n) is 5.11. The molecule has 2 aromatic carbocycles. The van der Waals surface area contributed by atoms with Crippen molar-refractivity contribution in [3.8, 4) is 5.75 Å². The van der Waals surface area contributed by atoms with Gasteiger partial charge in [-0.3, -0.25) is 0 Å². The zero-order chi connectivity index (χ0) is 17.2. The van der Waals surface area contributed by atoms with Crippen LogP contribution in [0.3, 0.4) is 0 Å². The summed E-state index contributed by atoms with van der Waals surface area (Å²) in [5.41, 5.74) is 2.24. The van der Waals surface area contributed by atoms with E-state index in [2.05, 4.69) is 9.71 Å². The van der Waals surface area contributed by atoms with Crippen LogP contribution in [0, 0.1) is 13.8 Å². The van der Waals surface area contributed by atoms with Crippen LogP contribution >= 0.6 is 11.6 Å². The van der Waals surface area contributed by atoms with E-state index in [1.807, 2.05) is 6.92 Å². The lowest BCUT2D eigenvalue weighted by Crippen LogP contribution is -2.12. The smallest absolute Gasteiger partial charge is 0.283 e. The van der Waals surface area contributed by atoms with Gasteiger partial charge in [0, 0.05) is 10.7 Å². The molecule has 2 rings (SSSR count). The summed E-state index contributed by atoms with van der Waals surface area (Å²) in [6.07, 6.45) is 0. The molecule has 0 atom stereocenters. The largest absolute Gasteiger partial charge is 0.508 e. The first-order valence-corrected chi connectivity index (χ1v) is 8.66. The Morgan fingerprint density at radius 3 is 2.30 bits per heavy atom. The van der Waals surface area contributed by atoms with Crippen LogP contribution in [-0.2, 0) is 10.0 Å². The minimum absolute atomic E-state index is 0.0710. The predicted molar refractivity (Wildman–Crippen MR) is 93.0 cm³/mol. The maximum absolute atomic E-state index is 12.2. The minimum Gasteiger partial charge on any atom is -0.508 e. The second-order valence-corrected chi connectivity index (χ2v) is 7.15. The quantitative estimate of drug-likeness (QED) is 0.499. The Balaban J connectivity index is 2.29. The zero-order valence-corrected chi connectivity index (χ0v) is 14.5. The van der Waals surface area contributed by atoms with Gasteiger partial charge >= 0.3 is 0 Å². The molecule has 122 valence electrons. The van der Waals surface area contributed by atoms with Crippen LogP contribution in [0.15, 0.2) is 45.7 Å². The lowest BCUT2D eigenvalue weighted by Gasteiger charge is -2.12. The van der Waals surface area contributed by atoms with Crippen molar-refractivity contribution in [2.45, 2.75) is 25.7 Å². The standard InChI is InChI=1S/C16H17ClN2O3S/c1-10-11(2)16(20)9-8-15(10)18-12(3)19-23(21,22)14-6-4-13(17)5-7-14/h4-9,20H,1-3H3,(H,18,19). The lowest BCUT2D eigenvalue weighted by atomic mass is 10.1. The Kier molecular flexibility index (Phi) is 4.97. The molecular formula is C16H17ClN2O3S. The molecule has 0 amide bonds. The number of nitrogens with one attached hydrogen (secondary N) is 1. The van der Waals surface area contributed by atoms with E-state index < -0.39 is 10.0 Å². The van der Waals surface area contributed by atoms with Gasteiger partial charge in [0.15, 0.2) is 0 Å². The second kappa shape index (κ2) is 6.60. The van der Waals surface area contributed by atoms with Gasteiger partial charge in [0.1, 0.15) is 11.6 Å². The average molecular weight is 353 g/mol. The number of halogens is 1. The van der Waals surface area contributed by atoms with E-state index in [1.54, 1.807) is 26.0 Å². The Morgan fingerprint density at radius 1 is 1.09 bits per heavy atom. The van der Waals surface area contributed by atoms with Gasteiger partial charge in [-0.15, -0.1) is 4.40 Å². The number of sulfonamides is 1. The van der Waals surface area contributed by atoms with Crippen molar-refractivity contribution >= 4 is 33.1 Å². The Morgan fingerprint density at radius 2 is 1.70 bits per heavy atom. The SMILES string of the molecule is CC(=NS(=O)(=O)c1ccc(Cl)cc1)Nc1ccc(O)c(C)c1C. The zero-order valence-electron chi connectivity index (χ0n) is 13.0. The highest BCUT2D eigenvalue weighted by atomic mass is 35.5. The first-order valence-electron chi connectivity index (χ1n) is 6.84. The van der Waals surface area contributed by atoms with E-state index in [4.69, 9.17) is 11.6 Å². The normalized spacial score (nSPS) is 12.3. The van der Waals surface area contributed by atoms with Crippen molar-refractivity contribution in [1.29, 1.82) is 0 Å². The molecule has 0 aliphatic carbocycles. The summed E-state index contributed by atoms with van der Waals surface area (Å²) in [7, 11) is -3.81. The number of benzene rings is 2. The monoisotopic (exact) mass is 352 g/mol. The Bertz CT molecular complexity index is 860. The molecule has 0 saturated carbocycles. The molecule has 2 aromatic rings. The molecule has 0 saturated heterocycles. The molecule has 5 nitrogen and oxygen atoms in total. The van der Waals surface area contributed by atoms with Crippen molar-refractivity contribution in [3.63, 3.8) is 0 Å². The van der Waals surface area contributed by atoms with E-state index >= 15 is 0 Å². The van der Waals surface area contributed by atoms with E-state index in [9.17, 15) is 13.5 Å². The van der Waals surface area contributed by atoms with Crippen LogP contribution in [0.1, 0.15) is 18.1 Å². The third kappa shape index (κ3) is 4.03. The summed E-state index contributed by atoms with van der Waals surface area (Å²) in [5, 5.41) is 13.1. The molecule has 0 fully saturated rings. The van der Waals surface area contributed by atoms with Gasteiger partial charge in [0.2, 0.25) is 0 Å². The molecular weight excluding hydrogens is 336 g/mol. The summed E-state index contributed by atoms with van der Waals surface area (Å²) in [4.78, 5) is 0.0710. The van der Waals surface area contributed by atoms with Crippen LogP contribution in [0.2, 0.25) is 5.02 Å². The number of rotatable bonds is 3. The molecule has 0 bridgehead atoms. The van der Waals surface area contributed by atoms with Crippen LogP contribution in [-0.4, -0.2) is 19.4 Å². The molecule has 23 heavy (non-hydrogen) atoms. The highest BCUT2D eigenvalue weighted by Crippen LogP contribution is 2.26. The van der Waals surface area contributed by atoms with Gasteiger partial charge in [-0.1, -0.05) is 11.6 Å². The van der Waals surface area contributed by atoms with E-state index in [0.717, 1.165) is 11.1 Å². The predicted octanol–water partition coefficient (Wildman–Crippen LogP) is 3.88. The molecule has 2 N–H and O–H groups in total. The molecule has 0 aliphatic heterocycles. The van der Waals surface area contributed by atoms with Gasteiger partial charge in [-0.25, -0.2) is 0 Å². The number of phenols is 1. The van der Waals surface area contributed by atoms with E-state index in [0.29, 0.717) is 10.7 Å². The number of nitrogens with zero attached hydrogens (tertiary/aromatic N) is 1. The van der Waals surface area contributed by atoms with Gasteiger partial charge in [-0.05, 0) is 68.3 Å². The highest BCUT2D eigenvalue weighted by Gasteiger charge is 2.13. The highest BCUT2D eigenvalue weighted by molar-refractivity contribution is 7.90. The number of aromatic hydroxyl groups is 1. The fourth-order valence-corrected chi connectivity index (χ4v) is 3.12. The third-order valence-corrected chi connectivity index (χ3v) is 5.08. The molecule has 0 aromatic heterocycles. The van der Waals surface area contributed by atoms with Crippen LogP contribution in [0.5, 0.6) is 5.75 Å².